The van der Waals surface area contributed by atoms with E-state index in [0.29, 0.717) is 16.1 Å². The standard InChI is InChI=1S/C18H14N2O4S/c21-17(22)9-8-13(10-12-4-3-5-14(11-12)20(23)24)18-19-15-6-1-2-7-16(15)25-18/h1-7,10-11H,8-9H2,(H,21,22)/p-1/b13-10+. The van der Waals surface area contributed by atoms with Gasteiger partial charge < -0.3 is 9.90 Å². The van der Waals surface area contributed by atoms with Crippen LogP contribution < -0.4 is 5.11 Å². The van der Waals surface area contributed by atoms with Crippen molar-refractivity contribution >= 4 is 44.9 Å². The number of fused-ring (bicyclic) bond motifs is 1. The van der Waals surface area contributed by atoms with Gasteiger partial charge in [0.25, 0.3) is 5.69 Å². The van der Waals surface area contributed by atoms with E-state index in [0.717, 1.165) is 10.2 Å². The number of carboxylic acid groups (broad SMARTS) is 1. The molecule has 0 bridgehead atoms. The first-order valence-corrected chi connectivity index (χ1v) is 8.35. The van der Waals surface area contributed by atoms with Crippen LogP contribution in [0.25, 0.3) is 21.9 Å². The SMILES string of the molecule is O=C([O-])CC/C(=C\c1cccc([N+](=O)[O-])c1)c1nc2ccccc2s1. The zero-order chi connectivity index (χ0) is 17.8. The summed E-state index contributed by atoms with van der Waals surface area (Å²) in [5.41, 5.74) is 2.16. The van der Waals surface area contributed by atoms with Crippen LogP contribution in [0.15, 0.2) is 48.5 Å². The normalized spacial score (nSPS) is 11.6. The molecule has 0 radical (unpaired) electrons. The van der Waals surface area contributed by atoms with E-state index in [9.17, 15) is 20.0 Å². The number of benzene rings is 2. The summed E-state index contributed by atoms with van der Waals surface area (Å²) in [6.07, 6.45) is 1.84. The third-order valence-electron chi connectivity index (χ3n) is 3.59. The molecule has 0 atom stereocenters. The number of allylic oxidation sites excluding steroid dienone is 1. The Labute approximate surface area is 147 Å². The number of nitro groups is 1. The topological polar surface area (TPSA) is 96.2 Å². The molecule has 0 aliphatic carbocycles. The van der Waals surface area contributed by atoms with Gasteiger partial charge in [0.15, 0.2) is 0 Å². The highest BCUT2D eigenvalue weighted by atomic mass is 32.1. The van der Waals surface area contributed by atoms with E-state index in [4.69, 9.17) is 0 Å². The highest BCUT2D eigenvalue weighted by Gasteiger charge is 2.11. The minimum absolute atomic E-state index is 0.0164. The van der Waals surface area contributed by atoms with Gasteiger partial charge in [0.1, 0.15) is 5.01 Å². The van der Waals surface area contributed by atoms with Crippen molar-refractivity contribution < 1.29 is 14.8 Å². The number of aliphatic carboxylic acids is 1. The molecule has 0 aliphatic rings. The van der Waals surface area contributed by atoms with Crippen molar-refractivity contribution in [1.29, 1.82) is 0 Å². The minimum Gasteiger partial charge on any atom is -0.550 e. The second kappa shape index (κ2) is 7.23. The second-order valence-corrected chi connectivity index (χ2v) is 6.41. The second-order valence-electron chi connectivity index (χ2n) is 5.38. The number of aromatic nitrogens is 1. The fraction of sp³-hybridized carbons (Fsp3) is 0.111. The van der Waals surface area contributed by atoms with E-state index in [1.807, 2.05) is 24.3 Å². The Hall–Kier alpha value is -3.06. The van der Waals surface area contributed by atoms with Crippen LogP contribution >= 0.6 is 11.3 Å². The Balaban J connectivity index is 2.03. The van der Waals surface area contributed by atoms with Gasteiger partial charge in [-0.25, -0.2) is 4.98 Å². The Bertz CT molecular complexity index is 945. The zero-order valence-electron chi connectivity index (χ0n) is 13.0. The lowest BCUT2D eigenvalue weighted by Gasteiger charge is -2.06. The highest BCUT2D eigenvalue weighted by molar-refractivity contribution is 7.19. The number of thiazole rings is 1. The molecule has 0 saturated heterocycles. The predicted octanol–water partition coefficient (Wildman–Crippen LogP) is 3.28. The summed E-state index contributed by atoms with van der Waals surface area (Å²) >= 11 is 1.46. The first-order valence-electron chi connectivity index (χ1n) is 7.54. The number of nitrogens with zero attached hydrogens (tertiary/aromatic N) is 2. The largest absolute Gasteiger partial charge is 0.550 e. The van der Waals surface area contributed by atoms with Crippen LogP contribution in [0, 0.1) is 10.1 Å². The maximum Gasteiger partial charge on any atom is 0.270 e. The van der Waals surface area contributed by atoms with Gasteiger partial charge in [-0.1, -0.05) is 24.3 Å². The van der Waals surface area contributed by atoms with Crippen molar-refractivity contribution in [2.75, 3.05) is 0 Å². The lowest BCUT2D eigenvalue weighted by atomic mass is 10.1. The Morgan fingerprint density at radius 2 is 1.96 bits per heavy atom. The van der Waals surface area contributed by atoms with Gasteiger partial charge in [0.2, 0.25) is 0 Å². The highest BCUT2D eigenvalue weighted by Crippen LogP contribution is 2.31. The lowest BCUT2D eigenvalue weighted by molar-refractivity contribution is -0.384. The molecule has 0 spiro atoms. The molecule has 1 aromatic heterocycles. The smallest absolute Gasteiger partial charge is 0.270 e. The Morgan fingerprint density at radius 1 is 1.16 bits per heavy atom. The first-order chi connectivity index (χ1) is 12.0. The van der Waals surface area contributed by atoms with Crippen LogP contribution in [0.1, 0.15) is 23.4 Å². The molecule has 2 aromatic carbocycles. The quantitative estimate of drug-likeness (QED) is 0.500. The molecule has 0 fully saturated rings. The number of hydrogen-bond acceptors (Lipinski definition) is 6. The van der Waals surface area contributed by atoms with Crippen molar-refractivity contribution in [2.24, 2.45) is 0 Å². The first kappa shape index (κ1) is 16.8. The van der Waals surface area contributed by atoms with Crippen LogP contribution in [-0.4, -0.2) is 15.9 Å². The molecule has 1 heterocycles. The number of carboxylic acids is 1. The molecular weight excluding hydrogens is 340 g/mol. The Morgan fingerprint density at radius 3 is 2.68 bits per heavy atom. The van der Waals surface area contributed by atoms with Crippen LogP contribution in [0.2, 0.25) is 0 Å². The van der Waals surface area contributed by atoms with Crippen molar-refractivity contribution in [3.63, 3.8) is 0 Å². The third kappa shape index (κ3) is 4.07. The van der Waals surface area contributed by atoms with Crippen molar-refractivity contribution in [2.45, 2.75) is 12.8 Å². The number of non-ortho nitro benzene ring substituents is 1. The molecule has 0 aliphatic heterocycles. The fourth-order valence-corrected chi connectivity index (χ4v) is 3.43. The molecule has 126 valence electrons. The van der Waals surface area contributed by atoms with Gasteiger partial charge in [-0.2, -0.15) is 0 Å². The maximum atomic E-state index is 10.9. The summed E-state index contributed by atoms with van der Waals surface area (Å²) in [4.78, 5) is 25.9. The number of hydrogen-bond donors (Lipinski definition) is 0. The summed E-state index contributed by atoms with van der Waals surface area (Å²) in [5, 5.41) is 22.5. The summed E-state index contributed by atoms with van der Waals surface area (Å²) in [6.45, 7) is 0. The molecule has 3 rings (SSSR count). The van der Waals surface area contributed by atoms with Gasteiger partial charge in [-0.05, 0) is 42.2 Å². The van der Waals surface area contributed by atoms with Gasteiger partial charge in [0.05, 0.1) is 15.1 Å². The monoisotopic (exact) mass is 353 g/mol. The summed E-state index contributed by atoms with van der Waals surface area (Å²) < 4.78 is 0.996. The molecule has 25 heavy (non-hydrogen) atoms. The van der Waals surface area contributed by atoms with Crippen LogP contribution in [0.3, 0.4) is 0 Å². The number of carbonyl (C=O) groups excluding carboxylic acids is 1. The van der Waals surface area contributed by atoms with Gasteiger partial charge in [-0.3, -0.25) is 10.1 Å². The van der Waals surface area contributed by atoms with Crippen molar-refractivity contribution in [3.05, 3.63) is 69.2 Å². The molecule has 0 unspecified atom stereocenters. The van der Waals surface area contributed by atoms with E-state index >= 15 is 0 Å². The number of carbonyl (C=O) groups is 1. The number of rotatable bonds is 6. The number of para-hydroxylation sites is 1. The molecule has 0 N–H and O–H groups in total. The summed E-state index contributed by atoms with van der Waals surface area (Å²) in [5.74, 6) is -1.15. The fourth-order valence-electron chi connectivity index (χ4n) is 2.42. The molecular formula is C18H13N2O4S-. The Kier molecular flexibility index (Phi) is 4.85. The number of nitro benzene ring substituents is 1. The van der Waals surface area contributed by atoms with Crippen LogP contribution in [0.5, 0.6) is 0 Å². The predicted molar refractivity (Wildman–Crippen MR) is 94.8 cm³/mol. The third-order valence-corrected chi connectivity index (χ3v) is 4.70. The van der Waals surface area contributed by atoms with Gasteiger partial charge in [-0.15, -0.1) is 11.3 Å². The van der Waals surface area contributed by atoms with Crippen molar-refractivity contribution in [3.8, 4) is 0 Å². The minimum atomic E-state index is -1.15. The van der Waals surface area contributed by atoms with Gasteiger partial charge in [0, 0.05) is 18.1 Å². The average Bonchev–Trinajstić information content (AvgIpc) is 3.02. The van der Waals surface area contributed by atoms with E-state index in [-0.39, 0.29) is 18.5 Å². The van der Waals surface area contributed by atoms with E-state index in [1.54, 1.807) is 18.2 Å². The molecule has 7 heteroatoms. The average molecular weight is 353 g/mol. The van der Waals surface area contributed by atoms with Crippen LogP contribution in [0.4, 0.5) is 5.69 Å². The lowest BCUT2D eigenvalue weighted by Crippen LogP contribution is -2.21. The summed E-state index contributed by atoms with van der Waals surface area (Å²) in [7, 11) is 0. The van der Waals surface area contributed by atoms with E-state index in [2.05, 4.69) is 4.98 Å². The van der Waals surface area contributed by atoms with Crippen LogP contribution in [-0.2, 0) is 4.79 Å². The molecule has 0 amide bonds. The molecule has 6 nitrogen and oxygen atoms in total. The van der Waals surface area contributed by atoms with Gasteiger partial charge >= 0.3 is 0 Å². The van der Waals surface area contributed by atoms with E-state index < -0.39 is 10.9 Å². The van der Waals surface area contributed by atoms with Crippen molar-refractivity contribution in [1.82, 2.24) is 4.98 Å². The maximum absolute atomic E-state index is 10.9. The molecule has 3 aromatic rings. The molecule has 0 saturated carbocycles. The summed E-state index contributed by atoms with van der Waals surface area (Å²) in [6, 6.07) is 13.8. The zero-order valence-corrected chi connectivity index (χ0v) is 13.9. The van der Waals surface area contributed by atoms with E-state index in [1.165, 1.54) is 23.5 Å².